The smallest absolute Gasteiger partial charge is 0.240 e. The molecule has 0 amide bonds. The molecular weight excluding hydrogens is 281 g/mol. The van der Waals surface area contributed by atoms with Crippen molar-refractivity contribution in [1.82, 2.24) is 15.5 Å². The summed E-state index contributed by atoms with van der Waals surface area (Å²) >= 11 is 1.54. The Kier molecular flexibility index (Phi) is 5.97. The van der Waals surface area contributed by atoms with Crippen molar-refractivity contribution < 1.29 is 13.7 Å². The monoisotopic (exact) mass is 297 g/mol. The Labute approximate surface area is 120 Å². The van der Waals surface area contributed by atoms with Crippen molar-refractivity contribution in [3.05, 3.63) is 41.8 Å². The number of halogens is 1. The first-order valence-electron chi connectivity index (χ1n) is 6.17. The van der Waals surface area contributed by atoms with Crippen LogP contribution in [-0.4, -0.2) is 30.4 Å². The van der Waals surface area contributed by atoms with Gasteiger partial charge in [0.15, 0.2) is 5.82 Å². The van der Waals surface area contributed by atoms with Crippen LogP contribution in [-0.2, 0) is 17.0 Å². The standard InChI is InChI=1S/C13H16FN3O2S/c1-18-7-6-15-8-13-16-12(17-19-13)9-20-11-4-2-10(14)3-5-11/h2-5,15H,6-9H2,1H3. The highest BCUT2D eigenvalue weighted by Crippen LogP contribution is 2.21. The number of methoxy groups -OCH3 is 1. The summed E-state index contributed by atoms with van der Waals surface area (Å²) in [6, 6.07) is 6.33. The van der Waals surface area contributed by atoms with Gasteiger partial charge in [-0.05, 0) is 24.3 Å². The average Bonchev–Trinajstić information content (AvgIpc) is 2.91. The second-order valence-corrected chi connectivity index (χ2v) is 5.07. The SMILES string of the molecule is COCCNCc1nc(CSc2ccc(F)cc2)no1. The van der Waals surface area contributed by atoms with Crippen LogP contribution in [0.2, 0.25) is 0 Å². The maximum atomic E-state index is 12.8. The maximum absolute atomic E-state index is 12.8. The molecule has 1 aromatic heterocycles. The van der Waals surface area contributed by atoms with E-state index in [1.54, 1.807) is 19.2 Å². The molecular formula is C13H16FN3O2S. The van der Waals surface area contributed by atoms with Crippen molar-refractivity contribution >= 4 is 11.8 Å². The van der Waals surface area contributed by atoms with Gasteiger partial charge in [-0.2, -0.15) is 4.98 Å². The third-order valence-electron chi connectivity index (χ3n) is 2.45. The number of rotatable bonds is 8. The molecule has 0 aliphatic carbocycles. The van der Waals surface area contributed by atoms with Crippen molar-refractivity contribution in [2.75, 3.05) is 20.3 Å². The Morgan fingerprint density at radius 1 is 1.35 bits per heavy atom. The molecule has 0 aliphatic rings. The van der Waals surface area contributed by atoms with E-state index in [2.05, 4.69) is 15.5 Å². The molecule has 0 radical (unpaired) electrons. The van der Waals surface area contributed by atoms with Crippen LogP contribution in [0.4, 0.5) is 4.39 Å². The van der Waals surface area contributed by atoms with Crippen molar-refractivity contribution in [2.45, 2.75) is 17.2 Å². The van der Waals surface area contributed by atoms with Gasteiger partial charge in [-0.1, -0.05) is 5.16 Å². The van der Waals surface area contributed by atoms with Crippen LogP contribution >= 0.6 is 11.8 Å². The van der Waals surface area contributed by atoms with Crippen LogP contribution in [0.5, 0.6) is 0 Å². The van der Waals surface area contributed by atoms with Crippen LogP contribution in [0.1, 0.15) is 11.7 Å². The quantitative estimate of drug-likeness (QED) is 0.595. The minimum Gasteiger partial charge on any atom is -0.383 e. The first kappa shape index (κ1) is 15.0. The summed E-state index contributed by atoms with van der Waals surface area (Å²) < 4.78 is 22.8. The highest BCUT2D eigenvalue weighted by Gasteiger charge is 2.06. The van der Waals surface area contributed by atoms with Crippen molar-refractivity contribution in [3.8, 4) is 0 Å². The fraction of sp³-hybridized carbons (Fsp3) is 0.385. The lowest BCUT2D eigenvalue weighted by Crippen LogP contribution is -2.18. The zero-order valence-electron chi connectivity index (χ0n) is 11.1. The Balaban J connectivity index is 1.76. The number of benzene rings is 1. The van der Waals surface area contributed by atoms with Gasteiger partial charge in [0, 0.05) is 18.6 Å². The zero-order valence-corrected chi connectivity index (χ0v) is 12.0. The Hall–Kier alpha value is -1.44. The average molecular weight is 297 g/mol. The molecule has 20 heavy (non-hydrogen) atoms. The van der Waals surface area contributed by atoms with E-state index in [4.69, 9.17) is 9.26 Å². The first-order valence-corrected chi connectivity index (χ1v) is 7.16. The fourth-order valence-corrected chi connectivity index (χ4v) is 2.21. The number of aromatic nitrogens is 2. The van der Waals surface area contributed by atoms with Crippen molar-refractivity contribution in [3.63, 3.8) is 0 Å². The second kappa shape index (κ2) is 7.98. The van der Waals surface area contributed by atoms with Gasteiger partial charge in [-0.3, -0.25) is 0 Å². The second-order valence-electron chi connectivity index (χ2n) is 4.02. The molecule has 0 saturated carbocycles. The number of thioether (sulfide) groups is 1. The summed E-state index contributed by atoms with van der Waals surface area (Å²) in [6.07, 6.45) is 0. The molecule has 5 nitrogen and oxygen atoms in total. The Morgan fingerprint density at radius 3 is 2.90 bits per heavy atom. The van der Waals surface area contributed by atoms with Gasteiger partial charge in [0.05, 0.1) is 18.9 Å². The van der Waals surface area contributed by atoms with Crippen LogP contribution in [0, 0.1) is 5.82 Å². The molecule has 2 rings (SSSR count). The van der Waals surface area contributed by atoms with E-state index in [-0.39, 0.29) is 5.82 Å². The van der Waals surface area contributed by atoms with E-state index in [1.165, 1.54) is 23.9 Å². The Bertz CT molecular complexity index is 519. The fourth-order valence-electron chi connectivity index (χ4n) is 1.47. The van der Waals surface area contributed by atoms with E-state index in [0.29, 0.717) is 30.6 Å². The molecule has 0 saturated heterocycles. The maximum Gasteiger partial charge on any atom is 0.240 e. The number of nitrogens with one attached hydrogen (secondary N) is 1. The molecule has 2 aromatic rings. The highest BCUT2D eigenvalue weighted by atomic mass is 32.2. The largest absolute Gasteiger partial charge is 0.383 e. The predicted octanol–water partition coefficient (Wildman–Crippen LogP) is 2.24. The number of ether oxygens (including phenoxy) is 1. The molecule has 1 N–H and O–H groups in total. The van der Waals surface area contributed by atoms with Crippen molar-refractivity contribution in [1.29, 1.82) is 0 Å². The normalized spacial score (nSPS) is 10.9. The van der Waals surface area contributed by atoms with E-state index in [0.717, 1.165) is 11.4 Å². The summed E-state index contributed by atoms with van der Waals surface area (Å²) in [5, 5.41) is 7.02. The molecule has 1 heterocycles. The van der Waals surface area contributed by atoms with Gasteiger partial charge >= 0.3 is 0 Å². The van der Waals surface area contributed by atoms with Gasteiger partial charge in [0.2, 0.25) is 5.89 Å². The van der Waals surface area contributed by atoms with Crippen LogP contribution in [0.25, 0.3) is 0 Å². The molecule has 0 aliphatic heterocycles. The Morgan fingerprint density at radius 2 is 2.15 bits per heavy atom. The van der Waals surface area contributed by atoms with Gasteiger partial charge in [0.25, 0.3) is 0 Å². The minimum atomic E-state index is -0.238. The van der Waals surface area contributed by atoms with Gasteiger partial charge in [-0.25, -0.2) is 4.39 Å². The highest BCUT2D eigenvalue weighted by molar-refractivity contribution is 7.98. The molecule has 108 valence electrons. The zero-order chi connectivity index (χ0) is 14.2. The van der Waals surface area contributed by atoms with Crippen molar-refractivity contribution in [2.24, 2.45) is 0 Å². The van der Waals surface area contributed by atoms with Crippen LogP contribution in [0.15, 0.2) is 33.7 Å². The summed E-state index contributed by atoms with van der Waals surface area (Å²) in [4.78, 5) is 5.23. The predicted molar refractivity (Wildman–Crippen MR) is 73.8 cm³/mol. The lowest BCUT2D eigenvalue weighted by molar-refractivity contribution is 0.197. The number of hydrogen-bond donors (Lipinski definition) is 1. The van der Waals surface area contributed by atoms with E-state index in [1.807, 2.05) is 0 Å². The summed E-state index contributed by atoms with van der Waals surface area (Å²) in [5.74, 6) is 1.53. The lowest BCUT2D eigenvalue weighted by Gasteiger charge is -1.99. The molecule has 1 aromatic carbocycles. The van der Waals surface area contributed by atoms with Crippen LogP contribution < -0.4 is 5.32 Å². The molecule has 0 unspecified atom stereocenters. The molecule has 0 atom stereocenters. The summed E-state index contributed by atoms with van der Waals surface area (Å²) in [5.41, 5.74) is 0. The van der Waals surface area contributed by atoms with E-state index >= 15 is 0 Å². The van der Waals surface area contributed by atoms with Crippen LogP contribution in [0.3, 0.4) is 0 Å². The number of hydrogen-bond acceptors (Lipinski definition) is 6. The third-order valence-corrected chi connectivity index (χ3v) is 3.46. The molecule has 0 fully saturated rings. The molecule has 7 heteroatoms. The summed E-state index contributed by atoms with van der Waals surface area (Å²) in [6.45, 7) is 1.90. The van der Waals surface area contributed by atoms with Gasteiger partial charge < -0.3 is 14.6 Å². The van der Waals surface area contributed by atoms with Gasteiger partial charge in [-0.15, -0.1) is 11.8 Å². The number of nitrogens with zero attached hydrogens (tertiary/aromatic N) is 2. The third kappa shape index (κ3) is 4.92. The minimum absolute atomic E-state index is 0.238. The molecule has 0 bridgehead atoms. The lowest BCUT2D eigenvalue weighted by atomic mass is 10.4. The first-order chi connectivity index (χ1) is 9.78. The van der Waals surface area contributed by atoms with E-state index < -0.39 is 0 Å². The topological polar surface area (TPSA) is 60.2 Å². The van der Waals surface area contributed by atoms with E-state index in [9.17, 15) is 4.39 Å². The van der Waals surface area contributed by atoms with Gasteiger partial charge in [0.1, 0.15) is 5.82 Å². The molecule has 0 spiro atoms. The summed E-state index contributed by atoms with van der Waals surface area (Å²) in [7, 11) is 1.65.